The van der Waals surface area contributed by atoms with Gasteiger partial charge in [0.2, 0.25) is 0 Å². The molecular formula is C9H8ClNOS. The van der Waals surface area contributed by atoms with Crippen LogP contribution in [0.1, 0.15) is 4.88 Å². The molecular weight excluding hydrogens is 206 g/mol. The second kappa shape index (κ2) is 3.18. The molecule has 3 N–H and O–H groups in total. The van der Waals surface area contributed by atoms with Crippen molar-refractivity contribution in [1.29, 1.82) is 0 Å². The summed E-state index contributed by atoms with van der Waals surface area (Å²) in [6, 6.07) is 5.40. The van der Waals surface area contributed by atoms with E-state index in [9.17, 15) is 5.11 Å². The van der Waals surface area contributed by atoms with Crippen molar-refractivity contribution in [3.8, 4) is 5.75 Å². The van der Waals surface area contributed by atoms with Gasteiger partial charge in [0.05, 0.1) is 4.88 Å². The van der Waals surface area contributed by atoms with Gasteiger partial charge >= 0.3 is 0 Å². The first-order valence-electron chi connectivity index (χ1n) is 3.82. The molecule has 4 heteroatoms. The fourth-order valence-electron chi connectivity index (χ4n) is 1.25. The summed E-state index contributed by atoms with van der Waals surface area (Å²) in [5, 5.41) is 11.2. The maximum Gasteiger partial charge on any atom is 0.138 e. The van der Waals surface area contributed by atoms with E-state index in [2.05, 4.69) is 0 Å². The lowest BCUT2D eigenvalue weighted by molar-refractivity contribution is 0.478. The molecule has 1 aromatic heterocycles. The largest absolute Gasteiger partial charge is 0.506 e. The Labute approximate surface area is 84.6 Å². The lowest BCUT2D eigenvalue weighted by Crippen LogP contribution is -1.91. The van der Waals surface area contributed by atoms with E-state index in [4.69, 9.17) is 17.3 Å². The van der Waals surface area contributed by atoms with Crippen LogP contribution in [0.25, 0.3) is 10.1 Å². The topological polar surface area (TPSA) is 46.2 Å². The lowest BCUT2D eigenvalue weighted by atomic mass is 10.2. The van der Waals surface area contributed by atoms with Gasteiger partial charge in [0.1, 0.15) is 5.75 Å². The number of hydrogen-bond donors (Lipinski definition) is 2. The Morgan fingerprint density at radius 2 is 2.23 bits per heavy atom. The molecule has 2 aromatic rings. The van der Waals surface area contributed by atoms with Gasteiger partial charge < -0.3 is 10.8 Å². The van der Waals surface area contributed by atoms with Gasteiger partial charge in [-0.3, -0.25) is 0 Å². The number of hydrogen-bond acceptors (Lipinski definition) is 3. The fraction of sp³-hybridized carbons (Fsp3) is 0.111. The predicted molar refractivity (Wildman–Crippen MR) is 56.4 cm³/mol. The predicted octanol–water partition coefficient (Wildman–Crippen LogP) is 2.72. The van der Waals surface area contributed by atoms with Gasteiger partial charge in [-0.1, -0.05) is 11.6 Å². The highest BCUT2D eigenvalue weighted by Crippen LogP contribution is 2.37. The Kier molecular flexibility index (Phi) is 2.15. The molecule has 0 radical (unpaired) electrons. The Hall–Kier alpha value is -0.770. The van der Waals surface area contributed by atoms with Crippen molar-refractivity contribution in [3.63, 3.8) is 0 Å². The normalized spacial score (nSPS) is 10.9. The second-order valence-corrected chi connectivity index (χ2v) is 4.29. The summed E-state index contributed by atoms with van der Waals surface area (Å²) >= 11 is 7.30. The van der Waals surface area contributed by atoms with Crippen LogP contribution in [0.5, 0.6) is 5.75 Å². The van der Waals surface area contributed by atoms with Gasteiger partial charge in [-0.25, -0.2) is 0 Å². The molecule has 68 valence electrons. The zero-order valence-corrected chi connectivity index (χ0v) is 8.32. The second-order valence-electron chi connectivity index (χ2n) is 2.72. The maximum absolute atomic E-state index is 9.67. The number of thiophene rings is 1. The molecule has 0 amide bonds. The molecule has 0 atom stereocenters. The Morgan fingerprint density at radius 3 is 2.92 bits per heavy atom. The summed E-state index contributed by atoms with van der Waals surface area (Å²) in [5.41, 5.74) is 5.47. The van der Waals surface area contributed by atoms with E-state index >= 15 is 0 Å². The van der Waals surface area contributed by atoms with Crippen molar-refractivity contribution in [2.45, 2.75) is 6.54 Å². The standard InChI is InChI=1S/C9H8ClNOS/c10-5-1-2-6-7(3-5)13-8(4-11)9(6)12/h1-3,12H,4,11H2. The molecule has 1 aromatic carbocycles. The van der Waals surface area contributed by atoms with Crippen molar-refractivity contribution in [2.75, 3.05) is 0 Å². The molecule has 0 aliphatic rings. The lowest BCUT2D eigenvalue weighted by Gasteiger charge is -1.91. The van der Waals surface area contributed by atoms with Gasteiger partial charge in [0.15, 0.2) is 0 Å². The average molecular weight is 214 g/mol. The zero-order chi connectivity index (χ0) is 9.42. The van der Waals surface area contributed by atoms with Gasteiger partial charge in [0, 0.05) is 21.7 Å². The Morgan fingerprint density at radius 1 is 1.46 bits per heavy atom. The Balaban J connectivity index is 2.76. The van der Waals surface area contributed by atoms with Crippen molar-refractivity contribution in [2.24, 2.45) is 5.73 Å². The van der Waals surface area contributed by atoms with Gasteiger partial charge in [-0.15, -0.1) is 11.3 Å². The third-order valence-electron chi connectivity index (χ3n) is 1.88. The molecule has 0 aliphatic heterocycles. The molecule has 13 heavy (non-hydrogen) atoms. The first kappa shape index (κ1) is 8.81. The van der Waals surface area contributed by atoms with Crippen LogP contribution in [0.2, 0.25) is 5.02 Å². The minimum absolute atomic E-state index is 0.291. The highest BCUT2D eigenvalue weighted by Gasteiger charge is 2.09. The number of rotatable bonds is 1. The van der Waals surface area contributed by atoms with E-state index in [0.717, 1.165) is 15.0 Å². The minimum Gasteiger partial charge on any atom is -0.506 e. The zero-order valence-electron chi connectivity index (χ0n) is 6.75. The average Bonchev–Trinajstić information content (AvgIpc) is 2.42. The molecule has 1 heterocycles. The summed E-state index contributed by atoms with van der Waals surface area (Å²) in [4.78, 5) is 0.803. The number of benzene rings is 1. The van der Waals surface area contributed by atoms with Crippen molar-refractivity contribution >= 4 is 33.0 Å². The van der Waals surface area contributed by atoms with Crippen molar-refractivity contribution in [1.82, 2.24) is 0 Å². The van der Waals surface area contributed by atoms with Crippen LogP contribution in [-0.2, 0) is 6.54 Å². The summed E-state index contributed by atoms with van der Waals surface area (Å²) in [6.07, 6.45) is 0. The van der Waals surface area contributed by atoms with Crippen LogP contribution in [0.4, 0.5) is 0 Å². The SMILES string of the molecule is NCc1sc2cc(Cl)ccc2c1O. The maximum atomic E-state index is 9.67. The van der Waals surface area contributed by atoms with E-state index < -0.39 is 0 Å². The first-order chi connectivity index (χ1) is 6.22. The fourth-order valence-corrected chi connectivity index (χ4v) is 2.50. The first-order valence-corrected chi connectivity index (χ1v) is 5.02. The Bertz CT molecular complexity index is 452. The molecule has 0 bridgehead atoms. The molecule has 0 saturated heterocycles. The van der Waals surface area contributed by atoms with Gasteiger partial charge in [0.25, 0.3) is 0 Å². The molecule has 2 nitrogen and oxygen atoms in total. The molecule has 0 spiro atoms. The molecule has 0 aliphatic carbocycles. The summed E-state index contributed by atoms with van der Waals surface area (Å²) < 4.78 is 0.977. The molecule has 0 fully saturated rings. The summed E-state index contributed by atoms with van der Waals surface area (Å²) in [6.45, 7) is 0.364. The molecule has 2 rings (SSSR count). The summed E-state index contributed by atoms with van der Waals surface area (Å²) in [7, 11) is 0. The third kappa shape index (κ3) is 1.39. The van der Waals surface area contributed by atoms with Crippen LogP contribution >= 0.6 is 22.9 Å². The van der Waals surface area contributed by atoms with Crippen LogP contribution in [0.3, 0.4) is 0 Å². The number of aromatic hydroxyl groups is 1. The van der Waals surface area contributed by atoms with E-state index in [1.165, 1.54) is 11.3 Å². The van der Waals surface area contributed by atoms with E-state index in [-0.39, 0.29) is 0 Å². The van der Waals surface area contributed by atoms with Gasteiger partial charge in [-0.05, 0) is 18.2 Å². The van der Waals surface area contributed by atoms with Crippen LogP contribution < -0.4 is 5.73 Å². The van der Waals surface area contributed by atoms with Gasteiger partial charge in [-0.2, -0.15) is 0 Å². The van der Waals surface area contributed by atoms with E-state index in [0.29, 0.717) is 17.3 Å². The highest BCUT2D eigenvalue weighted by atomic mass is 35.5. The summed E-state index contributed by atoms with van der Waals surface area (Å²) in [5.74, 6) is 0.291. The molecule has 0 unspecified atom stereocenters. The minimum atomic E-state index is 0.291. The highest BCUT2D eigenvalue weighted by molar-refractivity contribution is 7.19. The van der Waals surface area contributed by atoms with Crippen LogP contribution in [-0.4, -0.2) is 5.11 Å². The monoisotopic (exact) mass is 213 g/mol. The van der Waals surface area contributed by atoms with E-state index in [1.54, 1.807) is 6.07 Å². The van der Waals surface area contributed by atoms with E-state index in [1.807, 2.05) is 12.1 Å². The third-order valence-corrected chi connectivity index (χ3v) is 3.28. The van der Waals surface area contributed by atoms with Crippen LogP contribution in [0.15, 0.2) is 18.2 Å². The number of nitrogens with two attached hydrogens (primary N) is 1. The smallest absolute Gasteiger partial charge is 0.138 e. The number of fused-ring (bicyclic) bond motifs is 1. The van der Waals surface area contributed by atoms with Crippen molar-refractivity contribution in [3.05, 3.63) is 28.1 Å². The van der Waals surface area contributed by atoms with Crippen LogP contribution in [0, 0.1) is 0 Å². The van der Waals surface area contributed by atoms with Crippen molar-refractivity contribution < 1.29 is 5.11 Å². The number of halogens is 1. The quantitative estimate of drug-likeness (QED) is 0.765. The molecule has 0 saturated carbocycles.